The van der Waals surface area contributed by atoms with Crippen molar-refractivity contribution in [2.45, 2.75) is 46.1 Å². The number of hydrogen-bond acceptors (Lipinski definition) is 2. The standard InChI is InChI=1S/C10H19NO/c1-9(2,3)8(12)10(4)6-5-7-11-10/h11H,5-7H2,1-4H3/t10-/m1/s1. The van der Waals surface area contributed by atoms with Crippen molar-refractivity contribution in [1.29, 1.82) is 0 Å². The first-order valence-corrected chi connectivity index (χ1v) is 4.66. The lowest BCUT2D eigenvalue weighted by atomic mass is 9.78. The third-order valence-corrected chi connectivity index (χ3v) is 2.55. The molecule has 70 valence electrons. The summed E-state index contributed by atoms with van der Waals surface area (Å²) in [6.45, 7) is 8.97. The van der Waals surface area contributed by atoms with Gasteiger partial charge in [0.1, 0.15) is 0 Å². The van der Waals surface area contributed by atoms with E-state index in [2.05, 4.69) is 5.32 Å². The van der Waals surface area contributed by atoms with Gasteiger partial charge in [-0.25, -0.2) is 0 Å². The van der Waals surface area contributed by atoms with E-state index >= 15 is 0 Å². The zero-order chi connectivity index (χ0) is 9.41. The molecule has 1 aliphatic rings. The Morgan fingerprint density at radius 3 is 2.33 bits per heavy atom. The third kappa shape index (κ3) is 1.69. The average Bonchev–Trinajstić information content (AvgIpc) is 2.34. The molecule has 2 heteroatoms. The van der Waals surface area contributed by atoms with E-state index in [-0.39, 0.29) is 11.0 Å². The first kappa shape index (κ1) is 9.72. The van der Waals surface area contributed by atoms with E-state index in [1.807, 2.05) is 27.7 Å². The highest BCUT2D eigenvalue weighted by molar-refractivity contribution is 5.92. The molecule has 0 saturated carbocycles. The van der Waals surface area contributed by atoms with Crippen LogP contribution in [0.25, 0.3) is 0 Å². The van der Waals surface area contributed by atoms with Crippen LogP contribution in [0, 0.1) is 5.41 Å². The summed E-state index contributed by atoms with van der Waals surface area (Å²) in [5, 5.41) is 3.29. The van der Waals surface area contributed by atoms with Crippen LogP contribution in [0.3, 0.4) is 0 Å². The van der Waals surface area contributed by atoms with Gasteiger partial charge in [0.25, 0.3) is 0 Å². The summed E-state index contributed by atoms with van der Waals surface area (Å²) in [6.07, 6.45) is 2.11. The van der Waals surface area contributed by atoms with Gasteiger partial charge in [-0.2, -0.15) is 0 Å². The predicted molar refractivity (Wildman–Crippen MR) is 50.1 cm³/mol. The molecule has 12 heavy (non-hydrogen) atoms. The van der Waals surface area contributed by atoms with Gasteiger partial charge < -0.3 is 5.32 Å². The van der Waals surface area contributed by atoms with Crippen LogP contribution in [-0.4, -0.2) is 17.9 Å². The minimum atomic E-state index is -0.252. The molecule has 0 spiro atoms. The Morgan fingerprint density at radius 2 is 2.00 bits per heavy atom. The molecule has 0 aromatic carbocycles. The second kappa shape index (κ2) is 2.84. The lowest BCUT2D eigenvalue weighted by Gasteiger charge is -2.30. The normalized spacial score (nSPS) is 30.7. The molecule has 1 atom stereocenters. The predicted octanol–water partition coefficient (Wildman–Crippen LogP) is 1.74. The Kier molecular flexibility index (Phi) is 2.30. The molecule has 0 radical (unpaired) electrons. The van der Waals surface area contributed by atoms with Crippen molar-refractivity contribution in [2.75, 3.05) is 6.54 Å². The Bertz CT molecular complexity index is 185. The lowest BCUT2D eigenvalue weighted by Crippen LogP contribution is -2.49. The molecule has 1 fully saturated rings. The maximum Gasteiger partial charge on any atom is 0.157 e. The Labute approximate surface area is 74.7 Å². The average molecular weight is 169 g/mol. The first-order chi connectivity index (χ1) is 5.36. The van der Waals surface area contributed by atoms with Crippen LogP contribution in [-0.2, 0) is 4.79 Å². The second-order valence-corrected chi connectivity index (χ2v) is 4.94. The van der Waals surface area contributed by atoms with Gasteiger partial charge in [-0.3, -0.25) is 4.79 Å². The molecule has 1 aliphatic heterocycles. The van der Waals surface area contributed by atoms with Crippen LogP contribution in [0.15, 0.2) is 0 Å². The summed E-state index contributed by atoms with van der Waals surface area (Å²) in [7, 11) is 0. The van der Waals surface area contributed by atoms with Gasteiger partial charge >= 0.3 is 0 Å². The number of nitrogens with one attached hydrogen (secondary N) is 1. The van der Waals surface area contributed by atoms with E-state index in [1.54, 1.807) is 0 Å². The quantitative estimate of drug-likeness (QED) is 0.648. The molecule has 0 bridgehead atoms. The highest BCUT2D eigenvalue weighted by Crippen LogP contribution is 2.28. The first-order valence-electron chi connectivity index (χ1n) is 4.66. The van der Waals surface area contributed by atoms with Crippen LogP contribution in [0.1, 0.15) is 40.5 Å². The molecule has 0 aliphatic carbocycles. The number of hydrogen-bond donors (Lipinski definition) is 1. The van der Waals surface area contributed by atoms with Crippen LogP contribution in [0.2, 0.25) is 0 Å². The van der Waals surface area contributed by atoms with Gasteiger partial charge in [0.15, 0.2) is 5.78 Å². The second-order valence-electron chi connectivity index (χ2n) is 4.94. The van der Waals surface area contributed by atoms with Crippen molar-refractivity contribution in [3.05, 3.63) is 0 Å². The highest BCUT2D eigenvalue weighted by atomic mass is 16.1. The van der Waals surface area contributed by atoms with Gasteiger partial charge in [-0.15, -0.1) is 0 Å². The lowest BCUT2D eigenvalue weighted by molar-refractivity contribution is -0.131. The number of carbonyl (C=O) groups excluding carboxylic acids is 1. The van der Waals surface area contributed by atoms with E-state index < -0.39 is 0 Å². The monoisotopic (exact) mass is 169 g/mol. The molecular formula is C10H19NO. The summed E-state index contributed by atoms with van der Waals surface area (Å²) in [6, 6.07) is 0. The van der Waals surface area contributed by atoms with Crippen molar-refractivity contribution in [3.63, 3.8) is 0 Å². The van der Waals surface area contributed by atoms with Gasteiger partial charge in [0, 0.05) is 5.41 Å². The molecule has 0 unspecified atom stereocenters. The summed E-state index contributed by atoms with van der Waals surface area (Å²) in [5.41, 5.74) is -0.468. The molecule has 1 saturated heterocycles. The van der Waals surface area contributed by atoms with Crippen molar-refractivity contribution in [3.8, 4) is 0 Å². The summed E-state index contributed by atoms with van der Waals surface area (Å²) in [4.78, 5) is 11.9. The van der Waals surface area contributed by atoms with E-state index in [4.69, 9.17) is 0 Å². The van der Waals surface area contributed by atoms with Crippen molar-refractivity contribution >= 4 is 5.78 Å². The molecule has 0 aromatic heterocycles. The van der Waals surface area contributed by atoms with E-state index in [1.165, 1.54) is 0 Å². The van der Waals surface area contributed by atoms with Crippen LogP contribution < -0.4 is 5.32 Å². The molecule has 2 nitrogen and oxygen atoms in total. The van der Waals surface area contributed by atoms with Crippen molar-refractivity contribution in [2.24, 2.45) is 5.41 Å². The smallest absolute Gasteiger partial charge is 0.157 e. The third-order valence-electron chi connectivity index (χ3n) is 2.55. The van der Waals surface area contributed by atoms with Crippen molar-refractivity contribution < 1.29 is 4.79 Å². The van der Waals surface area contributed by atoms with Gasteiger partial charge in [-0.05, 0) is 26.3 Å². The summed E-state index contributed by atoms with van der Waals surface area (Å²) >= 11 is 0. The van der Waals surface area contributed by atoms with Gasteiger partial charge in [-0.1, -0.05) is 20.8 Å². The fourth-order valence-electron chi connectivity index (χ4n) is 1.92. The largest absolute Gasteiger partial charge is 0.305 e. The summed E-state index contributed by atoms with van der Waals surface area (Å²) < 4.78 is 0. The topological polar surface area (TPSA) is 29.1 Å². The van der Waals surface area contributed by atoms with Crippen molar-refractivity contribution in [1.82, 2.24) is 5.32 Å². The molecule has 0 aromatic rings. The minimum absolute atomic E-state index is 0.216. The fourth-order valence-corrected chi connectivity index (χ4v) is 1.92. The molecule has 1 rings (SSSR count). The van der Waals surface area contributed by atoms with E-state index in [9.17, 15) is 4.79 Å². The molecule has 1 heterocycles. The number of Topliss-reactive ketones (excluding diaryl/α,β-unsaturated/α-hetero) is 1. The minimum Gasteiger partial charge on any atom is -0.305 e. The molecule has 0 amide bonds. The SMILES string of the molecule is CC(C)(C)C(=O)[C@@]1(C)CCCN1. The molecule has 1 N–H and O–H groups in total. The Morgan fingerprint density at radius 1 is 1.42 bits per heavy atom. The van der Waals surface area contributed by atoms with Gasteiger partial charge in [0.05, 0.1) is 5.54 Å². The Hall–Kier alpha value is -0.370. The number of carbonyl (C=O) groups is 1. The van der Waals surface area contributed by atoms with Crippen LogP contribution >= 0.6 is 0 Å². The fraction of sp³-hybridized carbons (Fsp3) is 0.900. The van der Waals surface area contributed by atoms with E-state index in [0.717, 1.165) is 19.4 Å². The highest BCUT2D eigenvalue weighted by Gasteiger charge is 2.41. The van der Waals surface area contributed by atoms with Crippen LogP contribution in [0.5, 0.6) is 0 Å². The number of rotatable bonds is 1. The van der Waals surface area contributed by atoms with Gasteiger partial charge in [0.2, 0.25) is 0 Å². The maximum atomic E-state index is 11.9. The maximum absolute atomic E-state index is 11.9. The summed E-state index contributed by atoms with van der Waals surface area (Å²) in [5.74, 6) is 0.340. The zero-order valence-corrected chi connectivity index (χ0v) is 8.53. The van der Waals surface area contributed by atoms with Crippen LogP contribution in [0.4, 0.5) is 0 Å². The molecular weight excluding hydrogens is 150 g/mol. The zero-order valence-electron chi connectivity index (χ0n) is 8.53. The number of ketones is 1. The van der Waals surface area contributed by atoms with E-state index in [0.29, 0.717) is 5.78 Å². The Balaban J connectivity index is 2.75.